The highest BCUT2D eigenvalue weighted by atomic mass is 16.5. The lowest BCUT2D eigenvalue weighted by Crippen LogP contribution is -2.59. The number of fused-ring (bicyclic) bond motifs is 1. The number of anilines is 1. The van der Waals surface area contributed by atoms with E-state index in [4.69, 9.17) is 9.47 Å². The van der Waals surface area contributed by atoms with Crippen molar-refractivity contribution in [2.24, 2.45) is 17.8 Å². The van der Waals surface area contributed by atoms with E-state index in [9.17, 15) is 14.4 Å². The molecule has 7 atom stereocenters. The molecule has 2 aliphatic carbocycles. The second-order valence-electron chi connectivity index (χ2n) is 12.1. The predicted molar refractivity (Wildman–Crippen MR) is 147 cm³/mol. The van der Waals surface area contributed by atoms with Crippen LogP contribution < -0.4 is 15.4 Å². The van der Waals surface area contributed by atoms with Crippen LogP contribution in [0.5, 0.6) is 5.75 Å². The highest BCUT2D eigenvalue weighted by molar-refractivity contribution is 6.03. The molecule has 3 aliphatic heterocycles. The first-order chi connectivity index (χ1) is 18.9. The van der Waals surface area contributed by atoms with Crippen molar-refractivity contribution in [2.75, 3.05) is 11.9 Å². The smallest absolute Gasteiger partial charge is 0.246 e. The van der Waals surface area contributed by atoms with Crippen LogP contribution in [0.3, 0.4) is 0 Å². The van der Waals surface area contributed by atoms with Crippen LogP contribution in [0.2, 0.25) is 0 Å². The fourth-order valence-electron chi connectivity index (χ4n) is 7.78. The maximum absolute atomic E-state index is 14.3. The van der Waals surface area contributed by atoms with Gasteiger partial charge in [-0.1, -0.05) is 51.2 Å². The molecule has 3 amide bonds. The summed E-state index contributed by atoms with van der Waals surface area (Å²) in [6.45, 7) is 4.69. The summed E-state index contributed by atoms with van der Waals surface area (Å²) in [5, 5.41) is 6.33. The molecule has 1 aromatic carbocycles. The van der Waals surface area contributed by atoms with E-state index in [0.29, 0.717) is 18.2 Å². The normalized spacial score (nSPS) is 35.6. The molecule has 4 fully saturated rings. The Morgan fingerprint density at radius 1 is 1.03 bits per heavy atom. The van der Waals surface area contributed by atoms with Crippen LogP contribution in [0.25, 0.3) is 0 Å². The zero-order chi connectivity index (χ0) is 27.1. The first-order valence-corrected chi connectivity index (χ1v) is 15.0. The average molecular weight is 536 g/mol. The van der Waals surface area contributed by atoms with Gasteiger partial charge < -0.3 is 25.0 Å². The molecule has 5 aliphatic rings. The van der Waals surface area contributed by atoms with Gasteiger partial charge in [-0.05, 0) is 62.8 Å². The predicted octanol–water partition coefficient (Wildman–Crippen LogP) is 4.20. The van der Waals surface area contributed by atoms with Gasteiger partial charge in [0.1, 0.15) is 17.4 Å². The highest BCUT2D eigenvalue weighted by Gasteiger charge is 2.73. The Balaban J connectivity index is 1.28. The number of likely N-dealkylation sites (tertiary alicyclic amines) is 1. The van der Waals surface area contributed by atoms with Crippen molar-refractivity contribution in [3.05, 3.63) is 36.4 Å². The minimum atomic E-state index is -1.11. The summed E-state index contributed by atoms with van der Waals surface area (Å²) in [5.74, 6) is -0.760. The molecule has 6 rings (SSSR count). The molecule has 2 bridgehead atoms. The Bertz CT molecular complexity index is 1130. The Morgan fingerprint density at radius 2 is 1.74 bits per heavy atom. The minimum Gasteiger partial charge on any atom is -0.494 e. The molecule has 2 saturated heterocycles. The van der Waals surface area contributed by atoms with E-state index in [1.165, 1.54) is 6.42 Å². The number of amides is 3. The average Bonchev–Trinajstić information content (AvgIpc) is 3.59. The van der Waals surface area contributed by atoms with Crippen molar-refractivity contribution >= 4 is 23.4 Å². The summed E-state index contributed by atoms with van der Waals surface area (Å²) in [6, 6.07) is 6.58. The Morgan fingerprint density at radius 3 is 2.46 bits per heavy atom. The number of carbonyl (C=O) groups is 3. The van der Waals surface area contributed by atoms with Crippen LogP contribution in [0.15, 0.2) is 36.4 Å². The fraction of sp³-hybridized carbons (Fsp3) is 0.645. The maximum atomic E-state index is 14.3. The number of rotatable bonds is 7. The number of nitrogens with zero attached hydrogens (tertiary/aromatic N) is 1. The number of carbonyl (C=O) groups excluding carboxylic acids is 3. The van der Waals surface area contributed by atoms with Crippen LogP contribution in [0.4, 0.5) is 5.69 Å². The number of nitrogens with one attached hydrogen (secondary N) is 2. The number of benzene rings is 1. The van der Waals surface area contributed by atoms with Gasteiger partial charge in [-0.2, -0.15) is 0 Å². The molecule has 0 radical (unpaired) electrons. The summed E-state index contributed by atoms with van der Waals surface area (Å²) in [5.41, 5.74) is -0.471. The minimum absolute atomic E-state index is 0.00312. The van der Waals surface area contributed by atoms with Crippen LogP contribution in [0.1, 0.15) is 71.6 Å². The van der Waals surface area contributed by atoms with E-state index in [0.717, 1.165) is 57.1 Å². The van der Waals surface area contributed by atoms with Gasteiger partial charge in [0.05, 0.1) is 24.5 Å². The second kappa shape index (κ2) is 10.6. The fourth-order valence-corrected chi connectivity index (χ4v) is 7.78. The van der Waals surface area contributed by atoms with Gasteiger partial charge in [0.2, 0.25) is 17.7 Å². The van der Waals surface area contributed by atoms with E-state index < -0.39 is 29.6 Å². The Labute approximate surface area is 230 Å². The molecular weight excluding hydrogens is 494 g/mol. The second-order valence-corrected chi connectivity index (χ2v) is 12.1. The van der Waals surface area contributed by atoms with Crippen molar-refractivity contribution in [2.45, 2.75) is 101 Å². The summed E-state index contributed by atoms with van der Waals surface area (Å²) < 4.78 is 12.0. The topological polar surface area (TPSA) is 97.0 Å². The van der Waals surface area contributed by atoms with Gasteiger partial charge in [-0.25, -0.2) is 0 Å². The highest BCUT2D eigenvalue weighted by Crippen LogP contribution is 2.56. The van der Waals surface area contributed by atoms with Gasteiger partial charge in [-0.15, -0.1) is 0 Å². The zero-order valence-corrected chi connectivity index (χ0v) is 23.1. The molecule has 2 N–H and O–H groups in total. The van der Waals surface area contributed by atoms with Gasteiger partial charge >= 0.3 is 0 Å². The molecule has 0 aromatic heterocycles. The summed E-state index contributed by atoms with van der Waals surface area (Å²) in [4.78, 5) is 43.9. The van der Waals surface area contributed by atoms with Crippen LogP contribution in [0, 0.1) is 17.8 Å². The van der Waals surface area contributed by atoms with E-state index >= 15 is 0 Å². The molecule has 39 heavy (non-hydrogen) atoms. The van der Waals surface area contributed by atoms with Gasteiger partial charge in [-0.3, -0.25) is 14.4 Å². The van der Waals surface area contributed by atoms with Crippen LogP contribution >= 0.6 is 0 Å². The molecule has 210 valence electrons. The molecular formula is C31H41N3O5. The van der Waals surface area contributed by atoms with Crippen LogP contribution in [-0.2, 0) is 19.1 Å². The number of hydrogen-bond donors (Lipinski definition) is 2. The lowest BCUT2D eigenvalue weighted by molar-refractivity contribution is -0.145. The molecule has 1 spiro atoms. The summed E-state index contributed by atoms with van der Waals surface area (Å²) in [7, 11) is 0. The van der Waals surface area contributed by atoms with Crippen molar-refractivity contribution < 1.29 is 23.9 Å². The lowest BCUT2D eigenvalue weighted by atomic mass is 9.74. The van der Waals surface area contributed by atoms with E-state index in [2.05, 4.69) is 17.6 Å². The van der Waals surface area contributed by atoms with Gasteiger partial charge in [0.15, 0.2) is 0 Å². The third kappa shape index (κ3) is 4.54. The summed E-state index contributed by atoms with van der Waals surface area (Å²) >= 11 is 0. The van der Waals surface area contributed by atoms with Gasteiger partial charge in [0.25, 0.3) is 0 Å². The number of ether oxygens (including phenoxy) is 2. The third-order valence-corrected chi connectivity index (χ3v) is 9.70. The largest absolute Gasteiger partial charge is 0.494 e. The SMILES string of the molecule is CCOc1ccc(NC(=O)C2C3C=CC4(O3)C2C(=O)N(C2CCCCC2)C4C(=O)NC2CCCCC2C)cc1. The van der Waals surface area contributed by atoms with Crippen LogP contribution in [-0.4, -0.2) is 59.1 Å². The molecule has 3 heterocycles. The van der Waals surface area contributed by atoms with Crippen molar-refractivity contribution in [3.8, 4) is 5.75 Å². The summed E-state index contributed by atoms with van der Waals surface area (Å²) in [6.07, 6.45) is 12.6. The van der Waals surface area contributed by atoms with Crippen molar-refractivity contribution in [1.29, 1.82) is 0 Å². The van der Waals surface area contributed by atoms with E-state index in [1.54, 1.807) is 12.1 Å². The first-order valence-electron chi connectivity index (χ1n) is 15.0. The molecule has 7 unspecified atom stereocenters. The Kier molecular flexibility index (Phi) is 7.16. The standard InChI is InChI=1S/C31H41N3O5/c1-3-38-22-15-13-20(14-16-22)32-28(35)25-24-17-18-31(39-24)26(25)30(37)34(21-10-5-4-6-11-21)27(31)29(36)33-23-12-8-7-9-19(23)2/h13-19,21,23-27H,3-12H2,1-2H3,(H,32,35)(H,33,36). The lowest BCUT2D eigenvalue weighted by Gasteiger charge is -2.40. The first kappa shape index (κ1) is 26.4. The van der Waals surface area contributed by atoms with E-state index in [1.807, 2.05) is 36.1 Å². The number of hydrogen-bond acceptors (Lipinski definition) is 5. The maximum Gasteiger partial charge on any atom is 0.246 e. The Hall–Kier alpha value is -2.87. The molecule has 1 aromatic rings. The van der Waals surface area contributed by atoms with Gasteiger partial charge in [0, 0.05) is 17.8 Å². The molecule has 8 nitrogen and oxygen atoms in total. The quantitative estimate of drug-likeness (QED) is 0.510. The third-order valence-electron chi connectivity index (χ3n) is 9.70. The molecule has 8 heteroatoms. The van der Waals surface area contributed by atoms with E-state index in [-0.39, 0.29) is 29.8 Å². The molecule has 2 saturated carbocycles. The van der Waals surface area contributed by atoms with Crippen molar-refractivity contribution in [1.82, 2.24) is 10.2 Å². The zero-order valence-electron chi connectivity index (χ0n) is 23.1. The van der Waals surface area contributed by atoms with Crippen molar-refractivity contribution in [3.63, 3.8) is 0 Å². The monoisotopic (exact) mass is 535 g/mol.